The van der Waals surface area contributed by atoms with Gasteiger partial charge in [-0.25, -0.2) is 0 Å². The third kappa shape index (κ3) is 5.07. The van der Waals surface area contributed by atoms with E-state index in [1.54, 1.807) is 7.11 Å². The summed E-state index contributed by atoms with van der Waals surface area (Å²) in [6.45, 7) is 5.17. The molecule has 0 spiro atoms. The van der Waals surface area contributed by atoms with Crippen molar-refractivity contribution in [2.24, 2.45) is 0 Å². The highest BCUT2D eigenvalue weighted by molar-refractivity contribution is 7.80. The predicted molar refractivity (Wildman–Crippen MR) is 152 cm³/mol. The second-order valence-corrected chi connectivity index (χ2v) is 9.82. The van der Waals surface area contributed by atoms with Crippen molar-refractivity contribution in [1.29, 1.82) is 0 Å². The van der Waals surface area contributed by atoms with Gasteiger partial charge in [0.15, 0.2) is 5.11 Å². The second-order valence-electron chi connectivity index (χ2n) is 9.02. The molecule has 1 N–H and O–H groups in total. The first kappa shape index (κ1) is 25.3. The number of methoxy groups -OCH3 is 1. The monoisotopic (exact) mass is 532 g/mol. The number of ether oxygens (including phenoxy) is 2. The van der Waals surface area contributed by atoms with Gasteiger partial charge in [0, 0.05) is 36.6 Å². The fourth-order valence-electron chi connectivity index (χ4n) is 4.67. The summed E-state index contributed by atoms with van der Waals surface area (Å²) < 4.78 is 13.1. The SMILES string of the molecule is COCCOc1ccc(N2C(=S)N[C@H](c3ccccn3)[C@H]2c2cccn2-c2ccc(C)c(C)c2)cc1Cl. The van der Waals surface area contributed by atoms with Crippen LogP contribution < -0.4 is 15.0 Å². The number of anilines is 1. The smallest absolute Gasteiger partial charge is 0.174 e. The summed E-state index contributed by atoms with van der Waals surface area (Å²) in [6, 6.07) is 22.1. The molecule has 6 nitrogen and oxygen atoms in total. The van der Waals surface area contributed by atoms with Crippen LogP contribution in [-0.2, 0) is 4.74 Å². The maximum atomic E-state index is 6.65. The molecule has 4 aromatic rings. The van der Waals surface area contributed by atoms with Crippen LogP contribution in [0.2, 0.25) is 5.02 Å². The van der Waals surface area contributed by atoms with Gasteiger partial charge < -0.3 is 24.3 Å². The zero-order valence-corrected chi connectivity index (χ0v) is 22.6. The van der Waals surface area contributed by atoms with Crippen LogP contribution in [0, 0.1) is 13.8 Å². The molecule has 0 bridgehead atoms. The second kappa shape index (κ2) is 10.9. The van der Waals surface area contributed by atoms with Gasteiger partial charge in [-0.05, 0) is 91.8 Å². The Morgan fingerprint density at radius 3 is 2.54 bits per heavy atom. The summed E-state index contributed by atoms with van der Waals surface area (Å²) >= 11 is 12.5. The van der Waals surface area contributed by atoms with Crippen LogP contribution in [-0.4, -0.2) is 35.0 Å². The summed E-state index contributed by atoms with van der Waals surface area (Å²) in [5, 5.41) is 4.65. The molecule has 0 radical (unpaired) electrons. The molecule has 0 unspecified atom stereocenters. The van der Waals surface area contributed by atoms with Gasteiger partial charge in [0.25, 0.3) is 0 Å². The van der Waals surface area contributed by atoms with Crippen molar-refractivity contribution in [1.82, 2.24) is 14.9 Å². The molecule has 3 heterocycles. The maximum Gasteiger partial charge on any atom is 0.174 e. The molecule has 0 amide bonds. The maximum absolute atomic E-state index is 6.65. The number of nitrogens with one attached hydrogen (secondary N) is 1. The van der Waals surface area contributed by atoms with Crippen LogP contribution in [0.15, 0.2) is 79.1 Å². The number of hydrogen-bond acceptors (Lipinski definition) is 4. The minimum Gasteiger partial charge on any atom is -0.490 e. The lowest BCUT2D eigenvalue weighted by Gasteiger charge is -2.29. The fourth-order valence-corrected chi connectivity index (χ4v) is 5.25. The predicted octanol–water partition coefficient (Wildman–Crippen LogP) is 6.34. The number of nitrogens with zero attached hydrogens (tertiary/aromatic N) is 3. The first-order valence-electron chi connectivity index (χ1n) is 12.1. The van der Waals surface area contributed by atoms with Crippen molar-refractivity contribution in [2.45, 2.75) is 25.9 Å². The molecule has 2 atom stereocenters. The van der Waals surface area contributed by atoms with E-state index in [1.807, 2.05) is 42.6 Å². The van der Waals surface area contributed by atoms with E-state index in [9.17, 15) is 0 Å². The minimum absolute atomic E-state index is 0.162. The molecule has 37 heavy (non-hydrogen) atoms. The quantitative estimate of drug-likeness (QED) is 0.211. The summed E-state index contributed by atoms with van der Waals surface area (Å²) in [6.07, 6.45) is 3.90. The first-order valence-corrected chi connectivity index (χ1v) is 12.9. The van der Waals surface area contributed by atoms with E-state index in [0.29, 0.717) is 29.1 Å². The number of aromatic nitrogens is 2. The Morgan fingerprint density at radius 2 is 1.81 bits per heavy atom. The minimum atomic E-state index is -0.171. The van der Waals surface area contributed by atoms with Crippen molar-refractivity contribution >= 4 is 34.6 Å². The summed E-state index contributed by atoms with van der Waals surface area (Å²) in [7, 11) is 1.64. The Morgan fingerprint density at radius 1 is 0.973 bits per heavy atom. The molecule has 5 rings (SSSR count). The summed E-state index contributed by atoms with van der Waals surface area (Å²) in [5.41, 5.74) is 6.47. The largest absolute Gasteiger partial charge is 0.490 e. The molecule has 1 aliphatic rings. The van der Waals surface area contributed by atoms with Gasteiger partial charge in [-0.1, -0.05) is 23.7 Å². The van der Waals surface area contributed by atoms with Crippen LogP contribution in [0.3, 0.4) is 0 Å². The molecular formula is C29H29ClN4O2S. The zero-order valence-electron chi connectivity index (χ0n) is 21.0. The van der Waals surface area contributed by atoms with Gasteiger partial charge >= 0.3 is 0 Å². The van der Waals surface area contributed by atoms with Gasteiger partial charge in [-0.15, -0.1) is 0 Å². The lowest BCUT2D eigenvalue weighted by Crippen LogP contribution is -2.30. The van der Waals surface area contributed by atoms with Crippen molar-refractivity contribution in [2.75, 3.05) is 25.2 Å². The normalized spacial score (nSPS) is 17.2. The standard InChI is InChI=1S/C29H29ClN4O2S/c1-19-9-10-21(17-20(19)2)33-14-6-8-25(33)28-27(24-7-4-5-13-31-24)32-29(37)34(28)22-11-12-26(23(30)18-22)36-16-15-35-3/h4-14,17-18,27-28H,15-16H2,1-3H3,(H,32,37)/t27-,28-/m1/s1. The van der Waals surface area contributed by atoms with Crippen molar-refractivity contribution in [3.8, 4) is 11.4 Å². The lowest BCUT2D eigenvalue weighted by atomic mass is 10.0. The van der Waals surface area contributed by atoms with Crippen molar-refractivity contribution in [3.05, 3.63) is 107 Å². The van der Waals surface area contributed by atoms with Crippen LogP contribution in [0.5, 0.6) is 5.75 Å². The Labute approximate surface area is 227 Å². The van der Waals surface area contributed by atoms with E-state index in [1.165, 1.54) is 11.1 Å². The van der Waals surface area contributed by atoms with E-state index in [4.69, 9.17) is 33.3 Å². The number of rotatable bonds is 8. The van der Waals surface area contributed by atoms with E-state index in [2.05, 4.69) is 70.1 Å². The Kier molecular flexibility index (Phi) is 7.46. The van der Waals surface area contributed by atoms with Crippen molar-refractivity contribution in [3.63, 3.8) is 0 Å². The molecule has 8 heteroatoms. The van der Waals surface area contributed by atoms with Crippen molar-refractivity contribution < 1.29 is 9.47 Å². The Bertz CT molecular complexity index is 1410. The Hall–Kier alpha value is -3.39. The number of aryl methyl sites for hydroxylation is 2. The highest BCUT2D eigenvalue weighted by atomic mass is 35.5. The molecule has 190 valence electrons. The van der Waals surface area contributed by atoms with E-state index >= 15 is 0 Å². The molecule has 1 saturated heterocycles. The van der Waals surface area contributed by atoms with Gasteiger partial charge in [-0.3, -0.25) is 4.98 Å². The molecular weight excluding hydrogens is 504 g/mol. The third-order valence-electron chi connectivity index (χ3n) is 6.69. The van der Waals surface area contributed by atoms with Crippen LogP contribution >= 0.6 is 23.8 Å². The molecule has 1 aliphatic heterocycles. The highest BCUT2D eigenvalue weighted by Crippen LogP contribution is 2.43. The molecule has 1 fully saturated rings. The number of pyridine rings is 1. The van der Waals surface area contributed by atoms with Gasteiger partial charge in [0.05, 0.1) is 23.4 Å². The number of thiocarbonyl (C=S) groups is 1. The molecule has 2 aromatic carbocycles. The van der Waals surface area contributed by atoms with Gasteiger partial charge in [-0.2, -0.15) is 0 Å². The van der Waals surface area contributed by atoms with Crippen LogP contribution in [0.4, 0.5) is 5.69 Å². The molecule has 0 aliphatic carbocycles. The van der Waals surface area contributed by atoms with E-state index in [-0.39, 0.29) is 12.1 Å². The van der Waals surface area contributed by atoms with Crippen LogP contribution in [0.25, 0.3) is 5.69 Å². The summed E-state index contributed by atoms with van der Waals surface area (Å²) in [5.74, 6) is 0.608. The Balaban J connectivity index is 1.59. The van der Waals surface area contributed by atoms with E-state index in [0.717, 1.165) is 22.8 Å². The fraction of sp³-hybridized carbons (Fsp3) is 0.241. The highest BCUT2D eigenvalue weighted by Gasteiger charge is 2.42. The van der Waals surface area contributed by atoms with Crippen LogP contribution in [0.1, 0.15) is 34.6 Å². The number of benzene rings is 2. The number of hydrogen-bond donors (Lipinski definition) is 1. The van der Waals surface area contributed by atoms with Gasteiger partial charge in [0.2, 0.25) is 0 Å². The zero-order chi connectivity index (χ0) is 25.9. The first-order chi connectivity index (χ1) is 18.0. The summed E-state index contributed by atoms with van der Waals surface area (Å²) in [4.78, 5) is 6.79. The molecule has 0 saturated carbocycles. The molecule has 2 aromatic heterocycles. The lowest BCUT2D eigenvalue weighted by molar-refractivity contribution is 0.146. The average molecular weight is 533 g/mol. The third-order valence-corrected chi connectivity index (χ3v) is 7.30. The topological polar surface area (TPSA) is 51.6 Å². The van der Waals surface area contributed by atoms with E-state index < -0.39 is 0 Å². The number of halogens is 1. The van der Waals surface area contributed by atoms with Gasteiger partial charge in [0.1, 0.15) is 18.4 Å². The average Bonchev–Trinajstić information content (AvgIpc) is 3.51.